The Balaban J connectivity index is 2.47. The maximum absolute atomic E-state index is 4.22. The van der Waals surface area contributed by atoms with Gasteiger partial charge in [-0.2, -0.15) is 5.10 Å². The topological polar surface area (TPSA) is 44.8 Å². The van der Waals surface area contributed by atoms with Crippen molar-refractivity contribution in [3.05, 3.63) is 29.0 Å². The lowest BCUT2D eigenvalue weighted by atomic mass is 10.2. The van der Waals surface area contributed by atoms with Crippen LogP contribution in [0, 0.1) is 0 Å². The summed E-state index contributed by atoms with van der Waals surface area (Å²) in [5.74, 6) is 0.883. The molecule has 2 aromatic rings. The van der Waals surface area contributed by atoms with Crippen LogP contribution in [0.2, 0.25) is 0 Å². The summed E-state index contributed by atoms with van der Waals surface area (Å²) in [4.78, 5) is 6.02. The molecule has 0 aliphatic carbocycles. The second-order valence-corrected chi connectivity index (χ2v) is 4.17. The molecule has 4 nitrogen and oxygen atoms in total. The third-order valence-corrected chi connectivity index (χ3v) is 2.81. The summed E-state index contributed by atoms with van der Waals surface area (Å²) in [5.41, 5.74) is 1.97. The Morgan fingerprint density at radius 2 is 2.20 bits per heavy atom. The van der Waals surface area contributed by atoms with Crippen LogP contribution in [-0.2, 0) is 0 Å². The molecule has 0 aliphatic rings. The van der Waals surface area contributed by atoms with Gasteiger partial charge in [0.1, 0.15) is 0 Å². The van der Waals surface area contributed by atoms with Gasteiger partial charge >= 0.3 is 0 Å². The van der Waals surface area contributed by atoms with Gasteiger partial charge in [-0.3, -0.25) is 10.1 Å². The average molecular weight is 267 g/mol. The molecule has 5 heteroatoms. The summed E-state index contributed by atoms with van der Waals surface area (Å²) in [6.07, 6.45) is 3.55. The lowest BCUT2D eigenvalue weighted by Gasteiger charge is -2.07. The zero-order chi connectivity index (χ0) is 10.8. The maximum atomic E-state index is 4.22. The van der Waals surface area contributed by atoms with Gasteiger partial charge in [-0.05, 0) is 28.1 Å². The third kappa shape index (κ3) is 1.87. The van der Waals surface area contributed by atoms with Gasteiger partial charge in [0, 0.05) is 32.1 Å². The van der Waals surface area contributed by atoms with E-state index in [0.29, 0.717) is 0 Å². The Labute approximate surface area is 96.5 Å². The predicted molar refractivity (Wildman–Crippen MR) is 63.8 cm³/mol. The van der Waals surface area contributed by atoms with E-state index in [1.165, 1.54) is 0 Å². The monoisotopic (exact) mass is 266 g/mol. The first kappa shape index (κ1) is 10.2. The summed E-state index contributed by atoms with van der Waals surface area (Å²) in [6, 6.07) is 3.89. The number of nitrogens with zero attached hydrogens (tertiary/aromatic N) is 3. The summed E-state index contributed by atoms with van der Waals surface area (Å²) < 4.78 is 0.959. The molecule has 2 heterocycles. The van der Waals surface area contributed by atoms with E-state index in [1.807, 2.05) is 31.1 Å². The highest BCUT2D eigenvalue weighted by Crippen LogP contribution is 2.32. The van der Waals surface area contributed by atoms with E-state index in [0.717, 1.165) is 21.5 Å². The Kier molecular flexibility index (Phi) is 2.73. The molecule has 2 rings (SSSR count). The van der Waals surface area contributed by atoms with Gasteiger partial charge in [0.25, 0.3) is 0 Å². The number of aromatic amines is 1. The van der Waals surface area contributed by atoms with Gasteiger partial charge in [-0.25, -0.2) is 0 Å². The van der Waals surface area contributed by atoms with Crippen LogP contribution >= 0.6 is 15.9 Å². The van der Waals surface area contributed by atoms with Crippen LogP contribution in [-0.4, -0.2) is 29.3 Å². The Morgan fingerprint density at radius 1 is 1.40 bits per heavy atom. The number of H-pyrrole nitrogens is 1. The fraction of sp³-hybridized carbons (Fsp3) is 0.200. The van der Waals surface area contributed by atoms with Gasteiger partial charge < -0.3 is 4.90 Å². The van der Waals surface area contributed by atoms with Crippen LogP contribution in [0.4, 0.5) is 5.82 Å². The molecule has 0 unspecified atom stereocenters. The van der Waals surface area contributed by atoms with Crippen molar-refractivity contribution in [1.82, 2.24) is 15.2 Å². The van der Waals surface area contributed by atoms with Crippen LogP contribution in [0.25, 0.3) is 11.3 Å². The van der Waals surface area contributed by atoms with Crippen molar-refractivity contribution < 1.29 is 0 Å². The van der Waals surface area contributed by atoms with Crippen LogP contribution in [0.5, 0.6) is 0 Å². The number of aromatic nitrogens is 3. The van der Waals surface area contributed by atoms with Crippen LogP contribution < -0.4 is 4.90 Å². The number of nitrogens with one attached hydrogen (secondary N) is 1. The first-order valence-electron chi connectivity index (χ1n) is 4.51. The summed E-state index contributed by atoms with van der Waals surface area (Å²) >= 11 is 3.53. The largest absolute Gasteiger partial charge is 0.360 e. The van der Waals surface area contributed by atoms with Crippen molar-refractivity contribution in [2.45, 2.75) is 0 Å². The lowest BCUT2D eigenvalue weighted by Crippen LogP contribution is -2.09. The molecule has 0 saturated carbocycles. The van der Waals surface area contributed by atoms with Gasteiger partial charge in [-0.1, -0.05) is 0 Å². The number of halogens is 1. The number of pyridine rings is 1. The molecule has 15 heavy (non-hydrogen) atoms. The first-order chi connectivity index (χ1) is 7.20. The Bertz CT molecular complexity index is 450. The molecule has 2 aromatic heterocycles. The minimum atomic E-state index is 0.883. The van der Waals surface area contributed by atoms with Crippen LogP contribution in [0.15, 0.2) is 29.0 Å². The van der Waals surface area contributed by atoms with Crippen LogP contribution in [0.3, 0.4) is 0 Å². The average Bonchev–Trinajstić information content (AvgIpc) is 2.61. The van der Waals surface area contributed by atoms with E-state index in [-0.39, 0.29) is 0 Å². The summed E-state index contributed by atoms with van der Waals surface area (Å²) in [5, 5.41) is 7.21. The molecule has 0 aliphatic heterocycles. The molecule has 0 spiro atoms. The highest BCUT2D eigenvalue weighted by Gasteiger charge is 2.13. The highest BCUT2D eigenvalue weighted by atomic mass is 79.9. The van der Waals surface area contributed by atoms with Gasteiger partial charge in [0.05, 0.1) is 10.2 Å². The second kappa shape index (κ2) is 4.02. The number of hydrogen-bond donors (Lipinski definition) is 1. The van der Waals surface area contributed by atoms with E-state index in [4.69, 9.17) is 0 Å². The van der Waals surface area contributed by atoms with E-state index >= 15 is 0 Å². The molecular weight excluding hydrogens is 256 g/mol. The van der Waals surface area contributed by atoms with E-state index in [9.17, 15) is 0 Å². The smallest absolute Gasteiger partial charge is 0.164 e. The summed E-state index contributed by atoms with van der Waals surface area (Å²) in [6.45, 7) is 0. The van der Waals surface area contributed by atoms with Gasteiger partial charge in [-0.15, -0.1) is 0 Å². The molecular formula is C10H11BrN4. The van der Waals surface area contributed by atoms with Crippen molar-refractivity contribution in [3.63, 3.8) is 0 Å². The van der Waals surface area contributed by atoms with E-state index in [2.05, 4.69) is 31.1 Å². The second-order valence-electron chi connectivity index (χ2n) is 3.37. The minimum absolute atomic E-state index is 0.883. The number of hydrogen-bond acceptors (Lipinski definition) is 3. The molecule has 1 N–H and O–H groups in total. The summed E-state index contributed by atoms with van der Waals surface area (Å²) in [7, 11) is 3.90. The predicted octanol–water partition coefficient (Wildman–Crippen LogP) is 2.30. The maximum Gasteiger partial charge on any atom is 0.164 e. The molecule has 0 radical (unpaired) electrons. The zero-order valence-corrected chi connectivity index (χ0v) is 10.1. The minimum Gasteiger partial charge on any atom is -0.360 e. The van der Waals surface area contributed by atoms with E-state index < -0.39 is 0 Å². The van der Waals surface area contributed by atoms with Crippen molar-refractivity contribution >= 4 is 21.7 Å². The van der Waals surface area contributed by atoms with Gasteiger partial charge in [0.2, 0.25) is 0 Å². The first-order valence-corrected chi connectivity index (χ1v) is 5.31. The molecule has 0 atom stereocenters. The molecule has 0 aromatic carbocycles. The SMILES string of the molecule is CN(C)c1n[nH]c(-c2cccnc2)c1Br. The van der Waals surface area contributed by atoms with Crippen molar-refractivity contribution in [1.29, 1.82) is 0 Å². The highest BCUT2D eigenvalue weighted by molar-refractivity contribution is 9.10. The molecule has 78 valence electrons. The molecule has 0 bridgehead atoms. The molecule has 0 amide bonds. The quantitative estimate of drug-likeness (QED) is 0.908. The Hall–Kier alpha value is -1.36. The van der Waals surface area contributed by atoms with Crippen molar-refractivity contribution in [2.75, 3.05) is 19.0 Å². The number of rotatable bonds is 2. The van der Waals surface area contributed by atoms with Crippen molar-refractivity contribution in [2.24, 2.45) is 0 Å². The Morgan fingerprint density at radius 3 is 2.73 bits per heavy atom. The van der Waals surface area contributed by atoms with Crippen molar-refractivity contribution in [3.8, 4) is 11.3 Å². The zero-order valence-electron chi connectivity index (χ0n) is 8.53. The van der Waals surface area contributed by atoms with Gasteiger partial charge in [0.15, 0.2) is 5.82 Å². The third-order valence-electron chi connectivity index (χ3n) is 2.06. The normalized spacial score (nSPS) is 10.3. The molecule has 0 saturated heterocycles. The number of anilines is 1. The van der Waals surface area contributed by atoms with Crippen LogP contribution in [0.1, 0.15) is 0 Å². The lowest BCUT2D eigenvalue weighted by molar-refractivity contribution is 1.01. The van der Waals surface area contributed by atoms with E-state index in [1.54, 1.807) is 12.4 Å². The molecule has 0 fully saturated rings. The standard InChI is InChI=1S/C10H11BrN4/c1-15(2)10-8(11)9(13-14-10)7-4-3-5-12-6-7/h3-6H,1-2H3,(H,13,14). The fourth-order valence-electron chi connectivity index (χ4n) is 1.32. The fourth-order valence-corrected chi connectivity index (χ4v) is 2.08.